The maximum Gasteiger partial charge on any atom is 0.151 e. The molecule has 1 aliphatic rings. The molecule has 96 valence electrons. The number of nitrogens with one attached hydrogen (secondary N) is 1. The van der Waals surface area contributed by atoms with E-state index < -0.39 is 9.84 Å². The van der Waals surface area contributed by atoms with Crippen molar-refractivity contribution in [3.8, 4) is 0 Å². The van der Waals surface area contributed by atoms with Gasteiger partial charge in [-0.05, 0) is 25.8 Å². The highest BCUT2D eigenvalue weighted by atomic mass is 32.2. The molecule has 1 saturated heterocycles. The lowest BCUT2D eigenvalue weighted by atomic mass is 10.2. The van der Waals surface area contributed by atoms with Gasteiger partial charge in [-0.1, -0.05) is 0 Å². The average molecular weight is 257 g/mol. The zero-order valence-electron chi connectivity index (χ0n) is 10.3. The van der Waals surface area contributed by atoms with Crippen LogP contribution in [0.3, 0.4) is 0 Å². The summed E-state index contributed by atoms with van der Waals surface area (Å²) in [6, 6.07) is 2.11. The Bertz CT molecular complexity index is 493. The van der Waals surface area contributed by atoms with Gasteiger partial charge in [0.25, 0.3) is 0 Å². The highest BCUT2D eigenvalue weighted by molar-refractivity contribution is 7.91. The lowest BCUT2D eigenvalue weighted by Gasteiger charge is -2.23. The second-order valence-electron chi connectivity index (χ2n) is 4.74. The Balaban J connectivity index is 1.92. The highest BCUT2D eigenvalue weighted by Crippen LogP contribution is 2.12. The third kappa shape index (κ3) is 3.29. The first kappa shape index (κ1) is 12.6. The normalized spacial score (nSPS) is 23.8. The fourth-order valence-corrected chi connectivity index (χ4v) is 3.93. The molecule has 0 bridgehead atoms. The van der Waals surface area contributed by atoms with Crippen LogP contribution in [0.4, 0.5) is 0 Å². The standard InChI is InChI=1S/C11H19N3O2S/c1-9-6-11(14(2)13-9)7-12-10-4-3-5-17(15,16)8-10/h6,10,12H,3-5,7-8H2,1-2H3. The van der Waals surface area contributed by atoms with Gasteiger partial charge in [0, 0.05) is 19.6 Å². The van der Waals surface area contributed by atoms with Crippen molar-refractivity contribution in [1.82, 2.24) is 15.1 Å². The molecule has 5 nitrogen and oxygen atoms in total. The quantitative estimate of drug-likeness (QED) is 0.851. The van der Waals surface area contributed by atoms with Gasteiger partial charge in [0.15, 0.2) is 9.84 Å². The topological polar surface area (TPSA) is 64.0 Å². The Kier molecular flexibility index (Phi) is 3.53. The van der Waals surface area contributed by atoms with E-state index in [0.717, 1.165) is 24.2 Å². The van der Waals surface area contributed by atoms with Gasteiger partial charge < -0.3 is 5.32 Å². The molecule has 1 atom stereocenters. The van der Waals surface area contributed by atoms with Crippen molar-refractivity contribution in [3.05, 3.63) is 17.5 Å². The van der Waals surface area contributed by atoms with Crippen molar-refractivity contribution in [2.24, 2.45) is 7.05 Å². The maximum absolute atomic E-state index is 11.5. The van der Waals surface area contributed by atoms with E-state index in [4.69, 9.17) is 0 Å². The average Bonchev–Trinajstić information content (AvgIpc) is 2.53. The molecular weight excluding hydrogens is 238 g/mol. The van der Waals surface area contributed by atoms with E-state index in [1.165, 1.54) is 0 Å². The predicted octanol–water partition coefficient (Wildman–Crippen LogP) is 0.395. The molecular formula is C11H19N3O2S. The van der Waals surface area contributed by atoms with E-state index >= 15 is 0 Å². The molecule has 1 fully saturated rings. The number of nitrogens with zero attached hydrogens (tertiary/aromatic N) is 2. The van der Waals surface area contributed by atoms with Crippen molar-refractivity contribution in [2.75, 3.05) is 11.5 Å². The molecule has 1 aliphatic heterocycles. The van der Waals surface area contributed by atoms with Crippen molar-refractivity contribution in [1.29, 1.82) is 0 Å². The van der Waals surface area contributed by atoms with Crippen LogP contribution in [0, 0.1) is 6.92 Å². The van der Waals surface area contributed by atoms with Crippen LogP contribution >= 0.6 is 0 Å². The molecule has 1 aromatic heterocycles. The number of aryl methyl sites for hydroxylation is 2. The van der Waals surface area contributed by atoms with E-state index in [9.17, 15) is 8.42 Å². The first-order valence-electron chi connectivity index (χ1n) is 5.89. The van der Waals surface area contributed by atoms with Crippen LogP contribution in [0.5, 0.6) is 0 Å². The largest absolute Gasteiger partial charge is 0.307 e. The molecule has 0 radical (unpaired) electrons. The fourth-order valence-electron chi connectivity index (χ4n) is 2.26. The summed E-state index contributed by atoms with van der Waals surface area (Å²) in [4.78, 5) is 0. The van der Waals surface area contributed by atoms with Gasteiger partial charge in [0.2, 0.25) is 0 Å². The molecule has 2 heterocycles. The summed E-state index contributed by atoms with van der Waals surface area (Å²) in [5.74, 6) is 0.611. The summed E-state index contributed by atoms with van der Waals surface area (Å²) in [6.07, 6.45) is 1.71. The molecule has 1 N–H and O–H groups in total. The Morgan fingerprint density at radius 3 is 2.94 bits per heavy atom. The number of sulfone groups is 1. The van der Waals surface area contributed by atoms with Gasteiger partial charge in [0.05, 0.1) is 22.9 Å². The molecule has 1 aromatic rings. The number of aromatic nitrogens is 2. The van der Waals surface area contributed by atoms with Crippen LogP contribution in [0.15, 0.2) is 6.07 Å². The fraction of sp³-hybridized carbons (Fsp3) is 0.727. The minimum atomic E-state index is -2.83. The highest BCUT2D eigenvalue weighted by Gasteiger charge is 2.24. The smallest absolute Gasteiger partial charge is 0.151 e. The molecule has 0 saturated carbocycles. The van der Waals surface area contributed by atoms with Crippen molar-refractivity contribution in [2.45, 2.75) is 32.4 Å². The second kappa shape index (κ2) is 4.78. The van der Waals surface area contributed by atoms with Crippen molar-refractivity contribution < 1.29 is 8.42 Å². The van der Waals surface area contributed by atoms with E-state index in [2.05, 4.69) is 10.4 Å². The minimum absolute atomic E-state index is 0.0870. The van der Waals surface area contributed by atoms with Gasteiger partial charge >= 0.3 is 0 Å². The SMILES string of the molecule is Cc1cc(CNC2CCCS(=O)(=O)C2)n(C)n1. The van der Waals surface area contributed by atoms with Crippen molar-refractivity contribution >= 4 is 9.84 Å². The molecule has 0 aliphatic carbocycles. The van der Waals surface area contributed by atoms with Gasteiger partial charge in [-0.15, -0.1) is 0 Å². The summed E-state index contributed by atoms with van der Waals surface area (Å²) in [7, 11) is -0.922. The molecule has 6 heteroatoms. The number of hydrogen-bond donors (Lipinski definition) is 1. The molecule has 2 rings (SSSR count). The van der Waals surface area contributed by atoms with Gasteiger partial charge in [-0.25, -0.2) is 8.42 Å². The molecule has 1 unspecified atom stereocenters. The van der Waals surface area contributed by atoms with Crippen LogP contribution in [0.2, 0.25) is 0 Å². The lowest BCUT2D eigenvalue weighted by molar-refractivity contribution is 0.471. The summed E-state index contributed by atoms with van der Waals surface area (Å²) >= 11 is 0. The third-order valence-electron chi connectivity index (χ3n) is 3.13. The summed E-state index contributed by atoms with van der Waals surface area (Å²) in [6.45, 7) is 2.63. The van der Waals surface area contributed by atoms with Gasteiger partial charge in [-0.3, -0.25) is 4.68 Å². The number of hydrogen-bond acceptors (Lipinski definition) is 4. The molecule has 0 amide bonds. The second-order valence-corrected chi connectivity index (χ2v) is 6.96. The number of rotatable bonds is 3. The minimum Gasteiger partial charge on any atom is -0.307 e. The summed E-state index contributed by atoms with van der Waals surface area (Å²) < 4.78 is 24.8. The Labute approximate surface area is 102 Å². The van der Waals surface area contributed by atoms with Crippen LogP contribution < -0.4 is 5.32 Å². The zero-order valence-corrected chi connectivity index (χ0v) is 11.1. The Morgan fingerprint density at radius 1 is 1.59 bits per heavy atom. The van der Waals surface area contributed by atoms with Crippen LogP contribution in [-0.4, -0.2) is 35.7 Å². The van der Waals surface area contributed by atoms with Gasteiger partial charge in [-0.2, -0.15) is 5.10 Å². The van der Waals surface area contributed by atoms with E-state index in [1.807, 2.05) is 24.7 Å². The van der Waals surface area contributed by atoms with Crippen molar-refractivity contribution in [3.63, 3.8) is 0 Å². The van der Waals surface area contributed by atoms with Crippen LogP contribution in [0.25, 0.3) is 0 Å². The maximum atomic E-state index is 11.5. The molecule has 17 heavy (non-hydrogen) atoms. The predicted molar refractivity (Wildman–Crippen MR) is 66.5 cm³/mol. The molecule has 0 aromatic carbocycles. The third-order valence-corrected chi connectivity index (χ3v) is 4.95. The zero-order chi connectivity index (χ0) is 12.5. The van der Waals surface area contributed by atoms with E-state index in [0.29, 0.717) is 12.3 Å². The van der Waals surface area contributed by atoms with Crippen LogP contribution in [-0.2, 0) is 23.4 Å². The lowest BCUT2D eigenvalue weighted by Crippen LogP contribution is -2.40. The summed E-state index contributed by atoms with van der Waals surface area (Å²) in [5, 5.41) is 7.57. The van der Waals surface area contributed by atoms with E-state index in [-0.39, 0.29) is 11.8 Å². The first-order chi connectivity index (χ1) is 7.96. The Morgan fingerprint density at radius 2 is 2.35 bits per heavy atom. The van der Waals surface area contributed by atoms with E-state index in [1.54, 1.807) is 0 Å². The molecule has 0 spiro atoms. The first-order valence-corrected chi connectivity index (χ1v) is 7.72. The monoisotopic (exact) mass is 257 g/mol. The Hall–Kier alpha value is -0.880. The van der Waals surface area contributed by atoms with Gasteiger partial charge in [0.1, 0.15) is 0 Å². The van der Waals surface area contributed by atoms with Crippen LogP contribution in [0.1, 0.15) is 24.2 Å². The summed E-state index contributed by atoms with van der Waals surface area (Å²) in [5.41, 5.74) is 2.08.